The van der Waals surface area contributed by atoms with Crippen molar-refractivity contribution in [3.8, 4) is 5.75 Å². The number of hydrogen-bond donors (Lipinski definition) is 3. The molecule has 0 aliphatic heterocycles. The van der Waals surface area contributed by atoms with Gasteiger partial charge in [0.25, 0.3) is 0 Å². The molecule has 108 valence electrons. The summed E-state index contributed by atoms with van der Waals surface area (Å²) in [5.41, 5.74) is 2.49. The maximum atomic E-state index is 12.1. The molecule has 0 atom stereocenters. The van der Waals surface area contributed by atoms with Crippen LogP contribution in [0.15, 0.2) is 60.3 Å². The number of aliphatic hydroxyl groups excluding tert-OH is 1. The lowest BCUT2D eigenvalue weighted by atomic mass is 10.1. The summed E-state index contributed by atoms with van der Waals surface area (Å²) >= 11 is 0. The minimum absolute atomic E-state index is 0.0435. The second kappa shape index (κ2) is 6.72. The molecule has 3 N–H and O–H groups in total. The maximum absolute atomic E-state index is 12.1. The zero-order valence-electron chi connectivity index (χ0n) is 11.7. The van der Waals surface area contributed by atoms with Crippen LogP contribution in [-0.4, -0.2) is 16.0 Å². The van der Waals surface area contributed by atoms with Crippen molar-refractivity contribution in [3.05, 3.63) is 71.4 Å². The highest BCUT2D eigenvalue weighted by Gasteiger charge is 2.05. The lowest BCUT2D eigenvalue weighted by Gasteiger charge is -2.08. The van der Waals surface area contributed by atoms with Crippen LogP contribution in [0.1, 0.15) is 22.8 Å². The van der Waals surface area contributed by atoms with E-state index in [0.717, 1.165) is 5.56 Å². The van der Waals surface area contributed by atoms with Crippen LogP contribution in [0, 0.1) is 0 Å². The Kier molecular flexibility index (Phi) is 4.74. The molecule has 0 aliphatic rings. The zero-order chi connectivity index (χ0) is 15.2. The number of hydrogen-bond acceptors (Lipinski definition) is 4. The van der Waals surface area contributed by atoms with Gasteiger partial charge in [0.05, 0.1) is 12.3 Å². The topological polar surface area (TPSA) is 69.6 Å². The van der Waals surface area contributed by atoms with Crippen LogP contribution >= 0.6 is 0 Å². The third-order valence-electron chi connectivity index (χ3n) is 3.00. The summed E-state index contributed by atoms with van der Waals surface area (Å²) in [5.74, 6) is -0.00934. The number of allylic oxidation sites excluding steroid dienone is 2. The highest BCUT2D eigenvalue weighted by molar-refractivity contribution is 6.05. The summed E-state index contributed by atoms with van der Waals surface area (Å²) in [6.07, 6.45) is 1.47. The fourth-order valence-corrected chi connectivity index (χ4v) is 1.88. The van der Waals surface area contributed by atoms with E-state index in [1.165, 1.54) is 6.08 Å². The Hall–Kier alpha value is -2.59. The summed E-state index contributed by atoms with van der Waals surface area (Å²) in [6, 6.07) is 13.6. The monoisotopic (exact) mass is 283 g/mol. The number of phenolic OH excluding ortho intramolecular Hbond substituents is 1. The Morgan fingerprint density at radius 2 is 1.81 bits per heavy atom. The van der Waals surface area contributed by atoms with Crippen LogP contribution in [0.3, 0.4) is 0 Å². The number of ketones is 1. The lowest BCUT2D eigenvalue weighted by Crippen LogP contribution is -2.01. The van der Waals surface area contributed by atoms with Gasteiger partial charge in [-0.1, -0.05) is 36.4 Å². The third-order valence-corrected chi connectivity index (χ3v) is 3.00. The number of para-hydroxylation sites is 2. The number of rotatable bonds is 5. The van der Waals surface area contributed by atoms with Crippen molar-refractivity contribution in [3.63, 3.8) is 0 Å². The molecule has 0 spiro atoms. The number of carbonyl (C=O) groups excluding carboxylic acids is 1. The van der Waals surface area contributed by atoms with Crippen LogP contribution in [0.5, 0.6) is 5.75 Å². The van der Waals surface area contributed by atoms with E-state index in [4.69, 9.17) is 5.11 Å². The summed E-state index contributed by atoms with van der Waals surface area (Å²) in [7, 11) is 0. The van der Waals surface area contributed by atoms with Crippen molar-refractivity contribution in [2.75, 3.05) is 5.32 Å². The number of benzene rings is 2. The molecule has 0 bridgehead atoms. The second-order valence-corrected chi connectivity index (χ2v) is 4.69. The minimum atomic E-state index is -0.139. The molecule has 0 aliphatic carbocycles. The SMILES string of the molecule is C/C(=C\C(=O)c1ccc(CO)cc1)Nc1ccccc1O. The van der Waals surface area contributed by atoms with Crippen LogP contribution in [0.25, 0.3) is 0 Å². The number of aliphatic hydroxyl groups is 1. The molecule has 2 rings (SSSR count). The average Bonchev–Trinajstić information content (AvgIpc) is 2.49. The summed E-state index contributed by atoms with van der Waals surface area (Å²) in [5, 5.41) is 21.6. The molecular formula is C17H17NO3. The number of anilines is 1. The molecule has 4 heteroatoms. The van der Waals surface area contributed by atoms with Crippen LogP contribution in [-0.2, 0) is 6.61 Å². The first-order valence-corrected chi connectivity index (χ1v) is 6.57. The van der Waals surface area contributed by atoms with Crippen molar-refractivity contribution >= 4 is 11.5 Å². The zero-order valence-corrected chi connectivity index (χ0v) is 11.7. The van der Waals surface area contributed by atoms with Gasteiger partial charge in [-0.15, -0.1) is 0 Å². The van der Waals surface area contributed by atoms with E-state index >= 15 is 0 Å². The lowest BCUT2D eigenvalue weighted by molar-refractivity contribution is 0.104. The summed E-state index contributed by atoms with van der Waals surface area (Å²) in [4.78, 5) is 12.1. The molecule has 0 aromatic heterocycles. The van der Waals surface area contributed by atoms with Crippen LogP contribution < -0.4 is 5.32 Å². The highest BCUT2D eigenvalue weighted by Crippen LogP contribution is 2.23. The van der Waals surface area contributed by atoms with Crippen molar-refractivity contribution in [1.82, 2.24) is 0 Å². The predicted molar refractivity (Wildman–Crippen MR) is 82.2 cm³/mol. The fraction of sp³-hybridized carbons (Fsp3) is 0.118. The smallest absolute Gasteiger partial charge is 0.187 e. The molecule has 0 fully saturated rings. The first-order valence-electron chi connectivity index (χ1n) is 6.57. The van der Waals surface area contributed by atoms with Crippen molar-refractivity contribution in [2.24, 2.45) is 0 Å². The molecule has 4 nitrogen and oxygen atoms in total. The Labute approximate surface area is 123 Å². The molecule has 2 aromatic rings. The van der Waals surface area contributed by atoms with Gasteiger partial charge in [-0.25, -0.2) is 0 Å². The molecule has 0 heterocycles. The number of phenols is 1. The first kappa shape index (κ1) is 14.8. The van der Waals surface area contributed by atoms with E-state index < -0.39 is 0 Å². The van der Waals surface area contributed by atoms with Gasteiger partial charge in [-0.2, -0.15) is 0 Å². The fourth-order valence-electron chi connectivity index (χ4n) is 1.88. The van der Waals surface area contributed by atoms with Crippen molar-refractivity contribution in [2.45, 2.75) is 13.5 Å². The number of carbonyl (C=O) groups is 1. The molecular weight excluding hydrogens is 266 g/mol. The Morgan fingerprint density at radius 3 is 2.43 bits per heavy atom. The predicted octanol–water partition coefficient (Wildman–Crippen LogP) is 3.08. The van der Waals surface area contributed by atoms with Crippen molar-refractivity contribution < 1.29 is 15.0 Å². The molecule has 0 saturated heterocycles. The van der Waals surface area contributed by atoms with Gasteiger partial charge in [0.2, 0.25) is 0 Å². The molecule has 0 amide bonds. The van der Waals surface area contributed by atoms with Gasteiger partial charge in [-0.05, 0) is 24.6 Å². The second-order valence-electron chi connectivity index (χ2n) is 4.69. The van der Waals surface area contributed by atoms with E-state index in [-0.39, 0.29) is 18.1 Å². The van der Waals surface area contributed by atoms with Gasteiger partial charge in [0.1, 0.15) is 5.75 Å². The van der Waals surface area contributed by atoms with E-state index in [0.29, 0.717) is 16.9 Å². The van der Waals surface area contributed by atoms with Gasteiger partial charge in [-0.3, -0.25) is 4.79 Å². The molecule has 21 heavy (non-hydrogen) atoms. The van der Waals surface area contributed by atoms with Gasteiger partial charge >= 0.3 is 0 Å². The molecule has 0 unspecified atom stereocenters. The van der Waals surface area contributed by atoms with Gasteiger partial charge < -0.3 is 15.5 Å². The van der Waals surface area contributed by atoms with Crippen molar-refractivity contribution in [1.29, 1.82) is 0 Å². The summed E-state index contributed by atoms with van der Waals surface area (Å²) in [6.45, 7) is 1.71. The van der Waals surface area contributed by atoms with E-state index in [9.17, 15) is 9.90 Å². The van der Waals surface area contributed by atoms with E-state index in [1.807, 2.05) is 0 Å². The summed E-state index contributed by atoms with van der Waals surface area (Å²) < 4.78 is 0. The Bertz CT molecular complexity index is 660. The van der Waals surface area contributed by atoms with Gasteiger partial charge in [0, 0.05) is 17.3 Å². The Morgan fingerprint density at radius 1 is 1.14 bits per heavy atom. The minimum Gasteiger partial charge on any atom is -0.506 e. The van der Waals surface area contributed by atoms with Crippen LogP contribution in [0.4, 0.5) is 5.69 Å². The van der Waals surface area contributed by atoms with E-state index in [1.54, 1.807) is 55.5 Å². The highest BCUT2D eigenvalue weighted by atomic mass is 16.3. The number of nitrogens with one attached hydrogen (secondary N) is 1. The van der Waals surface area contributed by atoms with E-state index in [2.05, 4.69) is 5.32 Å². The molecule has 0 saturated carbocycles. The third kappa shape index (κ3) is 3.94. The quantitative estimate of drug-likeness (QED) is 0.448. The standard InChI is InChI=1S/C17H17NO3/c1-12(18-15-4-2-3-5-16(15)20)10-17(21)14-8-6-13(11-19)7-9-14/h2-10,18-20H,11H2,1H3/b12-10+. The molecule has 2 aromatic carbocycles. The average molecular weight is 283 g/mol. The maximum Gasteiger partial charge on any atom is 0.187 e. The number of aromatic hydroxyl groups is 1. The Balaban J connectivity index is 2.10. The molecule has 0 radical (unpaired) electrons. The normalized spacial score (nSPS) is 11.2. The first-order chi connectivity index (χ1) is 10.1. The van der Waals surface area contributed by atoms with Crippen LogP contribution in [0.2, 0.25) is 0 Å². The van der Waals surface area contributed by atoms with Gasteiger partial charge in [0.15, 0.2) is 5.78 Å². The largest absolute Gasteiger partial charge is 0.506 e.